The first-order valence-corrected chi connectivity index (χ1v) is 6.69. The Morgan fingerprint density at radius 1 is 1.33 bits per heavy atom. The van der Waals surface area contributed by atoms with E-state index in [1.54, 1.807) is 0 Å². The monoisotopic (exact) mass is 256 g/mol. The van der Waals surface area contributed by atoms with Crippen LogP contribution in [0.15, 0.2) is 0 Å². The number of hydrogen-bond donors (Lipinski definition) is 3. The number of urea groups is 1. The van der Waals surface area contributed by atoms with E-state index in [4.69, 9.17) is 5.11 Å². The molecule has 1 aliphatic carbocycles. The van der Waals surface area contributed by atoms with E-state index >= 15 is 0 Å². The Labute approximate surface area is 108 Å². The lowest BCUT2D eigenvalue weighted by Gasteiger charge is -2.23. The van der Waals surface area contributed by atoms with Gasteiger partial charge in [0.1, 0.15) is 0 Å². The number of carbonyl (C=O) groups is 2. The highest BCUT2D eigenvalue weighted by Gasteiger charge is 2.26. The van der Waals surface area contributed by atoms with Gasteiger partial charge >= 0.3 is 12.0 Å². The standard InChI is InChI=1S/C13H24N2O3/c1-8(2)11(7-12(16)17)15-13(18)14-10-6-4-5-9(10)3/h8-11H,4-7H2,1-3H3,(H,16,17)(H2,14,15,18). The minimum atomic E-state index is -0.886. The summed E-state index contributed by atoms with van der Waals surface area (Å²) in [6.45, 7) is 5.95. The molecule has 0 aromatic heterocycles. The van der Waals surface area contributed by atoms with Crippen LogP contribution in [0.25, 0.3) is 0 Å². The zero-order valence-electron chi connectivity index (χ0n) is 11.4. The molecule has 2 amide bonds. The molecule has 3 atom stereocenters. The van der Waals surface area contributed by atoms with Crippen molar-refractivity contribution in [2.75, 3.05) is 0 Å². The summed E-state index contributed by atoms with van der Waals surface area (Å²) in [4.78, 5) is 22.5. The molecule has 3 N–H and O–H groups in total. The fraction of sp³-hybridized carbons (Fsp3) is 0.846. The van der Waals surface area contributed by atoms with Crippen LogP contribution in [0.4, 0.5) is 4.79 Å². The van der Waals surface area contributed by atoms with Crippen molar-refractivity contribution in [2.45, 2.75) is 58.5 Å². The molecule has 0 saturated heterocycles. The van der Waals surface area contributed by atoms with Crippen LogP contribution in [0.5, 0.6) is 0 Å². The van der Waals surface area contributed by atoms with Crippen LogP contribution >= 0.6 is 0 Å². The fourth-order valence-corrected chi connectivity index (χ4v) is 2.38. The molecule has 1 saturated carbocycles. The summed E-state index contributed by atoms with van der Waals surface area (Å²) >= 11 is 0. The average Bonchev–Trinajstić information content (AvgIpc) is 2.62. The molecule has 5 heteroatoms. The minimum absolute atomic E-state index is 0.0364. The maximum absolute atomic E-state index is 11.8. The van der Waals surface area contributed by atoms with E-state index < -0.39 is 5.97 Å². The Balaban J connectivity index is 2.43. The van der Waals surface area contributed by atoms with Crippen molar-refractivity contribution in [3.05, 3.63) is 0 Å². The Hall–Kier alpha value is -1.26. The van der Waals surface area contributed by atoms with Gasteiger partial charge in [-0.1, -0.05) is 27.2 Å². The Morgan fingerprint density at radius 2 is 2.00 bits per heavy atom. The molecule has 1 rings (SSSR count). The lowest BCUT2D eigenvalue weighted by Crippen LogP contribution is -2.49. The van der Waals surface area contributed by atoms with Crippen molar-refractivity contribution >= 4 is 12.0 Å². The number of carboxylic acid groups (broad SMARTS) is 1. The second-order valence-electron chi connectivity index (χ2n) is 5.58. The molecule has 18 heavy (non-hydrogen) atoms. The van der Waals surface area contributed by atoms with Gasteiger partial charge in [0, 0.05) is 12.1 Å². The molecule has 5 nitrogen and oxygen atoms in total. The van der Waals surface area contributed by atoms with E-state index in [2.05, 4.69) is 17.6 Å². The second kappa shape index (κ2) is 6.61. The van der Waals surface area contributed by atoms with Crippen molar-refractivity contribution in [3.8, 4) is 0 Å². The average molecular weight is 256 g/mol. The molecule has 0 aromatic rings. The summed E-state index contributed by atoms with van der Waals surface area (Å²) in [5.41, 5.74) is 0. The maximum Gasteiger partial charge on any atom is 0.315 e. The highest BCUT2D eigenvalue weighted by Crippen LogP contribution is 2.24. The van der Waals surface area contributed by atoms with Gasteiger partial charge in [-0.2, -0.15) is 0 Å². The Bertz CT molecular complexity index is 305. The van der Waals surface area contributed by atoms with Crippen LogP contribution < -0.4 is 10.6 Å². The molecule has 3 unspecified atom stereocenters. The molecule has 0 aromatic carbocycles. The summed E-state index contributed by atoms with van der Waals surface area (Å²) in [7, 11) is 0. The van der Waals surface area contributed by atoms with Crippen LogP contribution in [-0.2, 0) is 4.79 Å². The third-order valence-corrected chi connectivity index (χ3v) is 3.69. The summed E-state index contributed by atoms with van der Waals surface area (Å²) < 4.78 is 0. The van der Waals surface area contributed by atoms with Crippen molar-refractivity contribution in [3.63, 3.8) is 0 Å². The highest BCUT2D eigenvalue weighted by atomic mass is 16.4. The van der Waals surface area contributed by atoms with Crippen molar-refractivity contribution in [2.24, 2.45) is 11.8 Å². The third kappa shape index (κ3) is 4.55. The van der Waals surface area contributed by atoms with Gasteiger partial charge in [0.25, 0.3) is 0 Å². The summed E-state index contributed by atoms with van der Waals surface area (Å²) in [6, 6.07) is -0.337. The third-order valence-electron chi connectivity index (χ3n) is 3.69. The van der Waals surface area contributed by atoms with Gasteiger partial charge in [0.2, 0.25) is 0 Å². The predicted molar refractivity (Wildman–Crippen MR) is 69.3 cm³/mol. The quantitative estimate of drug-likeness (QED) is 0.703. The van der Waals surface area contributed by atoms with Crippen molar-refractivity contribution in [1.82, 2.24) is 10.6 Å². The number of carboxylic acids is 1. The van der Waals surface area contributed by atoms with Crippen LogP contribution in [0.3, 0.4) is 0 Å². The lowest BCUT2D eigenvalue weighted by molar-refractivity contribution is -0.137. The number of hydrogen-bond acceptors (Lipinski definition) is 2. The van der Waals surface area contributed by atoms with Gasteiger partial charge < -0.3 is 15.7 Å². The Morgan fingerprint density at radius 3 is 2.44 bits per heavy atom. The van der Waals surface area contributed by atoms with Gasteiger partial charge in [-0.3, -0.25) is 4.79 Å². The molecule has 0 radical (unpaired) electrons. The van der Waals surface area contributed by atoms with Crippen molar-refractivity contribution < 1.29 is 14.7 Å². The van der Waals surface area contributed by atoms with Gasteiger partial charge in [-0.25, -0.2) is 4.79 Å². The highest BCUT2D eigenvalue weighted by molar-refractivity contribution is 5.76. The minimum Gasteiger partial charge on any atom is -0.481 e. The van der Waals surface area contributed by atoms with Gasteiger partial charge in [-0.15, -0.1) is 0 Å². The molecule has 1 aliphatic rings. The zero-order valence-corrected chi connectivity index (χ0v) is 11.4. The van der Waals surface area contributed by atoms with Crippen molar-refractivity contribution in [1.29, 1.82) is 0 Å². The topological polar surface area (TPSA) is 78.4 Å². The first kappa shape index (κ1) is 14.8. The molecule has 1 fully saturated rings. The summed E-state index contributed by atoms with van der Waals surface area (Å²) in [5, 5.41) is 14.5. The molecule has 0 aliphatic heterocycles. The largest absolute Gasteiger partial charge is 0.481 e. The number of rotatable bonds is 5. The predicted octanol–water partition coefficient (Wildman–Crippen LogP) is 1.97. The van der Waals surface area contributed by atoms with E-state index in [1.807, 2.05) is 13.8 Å². The van der Waals surface area contributed by atoms with Gasteiger partial charge in [0.05, 0.1) is 6.42 Å². The van der Waals surface area contributed by atoms with E-state index in [1.165, 1.54) is 0 Å². The molecule has 0 bridgehead atoms. The molecular weight excluding hydrogens is 232 g/mol. The molecule has 0 heterocycles. The van der Waals surface area contributed by atoms with E-state index in [9.17, 15) is 9.59 Å². The number of aliphatic carboxylic acids is 1. The first-order chi connectivity index (χ1) is 8.40. The van der Waals surface area contributed by atoms with Crippen LogP contribution in [0, 0.1) is 11.8 Å². The number of nitrogens with one attached hydrogen (secondary N) is 2. The van der Waals surface area contributed by atoms with Crippen LogP contribution in [0.2, 0.25) is 0 Å². The summed E-state index contributed by atoms with van der Waals surface area (Å²) in [6.07, 6.45) is 3.27. The van der Waals surface area contributed by atoms with E-state index in [0.717, 1.165) is 19.3 Å². The Kier molecular flexibility index (Phi) is 5.44. The SMILES string of the molecule is CC(C)C(CC(=O)O)NC(=O)NC1CCCC1C. The molecule has 0 spiro atoms. The van der Waals surface area contributed by atoms with Gasteiger partial charge in [-0.05, 0) is 24.7 Å². The fourth-order valence-electron chi connectivity index (χ4n) is 2.38. The second-order valence-corrected chi connectivity index (χ2v) is 5.58. The van der Waals surface area contributed by atoms with E-state index in [0.29, 0.717) is 5.92 Å². The van der Waals surface area contributed by atoms with Crippen LogP contribution in [-0.4, -0.2) is 29.2 Å². The lowest BCUT2D eigenvalue weighted by atomic mass is 10.0. The normalized spacial score (nSPS) is 24.9. The first-order valence-electron chi connectivity index (χ1n) is 6.69. The number of carbonyl (C=O) groups excluding carboxylic acids is 1. The summed E-state index contributed by atoms with van der Waals surface area (Å²) in [5.74, 6) is -0.274. The molecular formula is C13H24N2O3. The molecule has 104 valence electrons. The number of amides is 2. The van der Waals surface area contributed by atoms with E-state index in [-0.39, 0.29) is 30.5 Å². The van der Waals surface area contributed by atoms with Gasteiger partial charge in [0.15, 0.2) is 0 Å². The zero-order chi connectivity index (χ0) is 13.7. The maximum atomic E-state index is 11.8. The van der Waals surface area contributed by atoms with Crippen LogP contribution in [0.1, 0.15) is 46.5 Å². The smallest absolute Gasteiger partial charge is 0.315 e.